The third-order valence-corrected chi connectivity index (χ3v) is 6.87. The molecule has 1 aromatic carbocycles. The predicted octanol–water partition coefficient (Wildman–Crippen LogP) is 2.66. The Labute approximate surface area is 154 Å². The van der Waals surface area contributed by atoms with Crippen molar-refractivity contribution < 1.29 is 17.6 Å². The molecule has 0 radical (unpaired) electrons. The van der Waals surface area contributed by atoms with Crippen LogP contribution < -0.4 is 0 Å². The van der Waals surface area contributed by atoms with Crippen LogP contribution in [0.25, 0.3) is 0 Å². The van der Waals surface area contributed by atoms with Crippen LogP contribution in [0.3, 0.4) is 0 Å². The van der Waals surface area contributed by atoms with Gasteiger partial charge < -0.3 is 9.32 Å². The minimum atomic E-state index is -3.53. The van der Waals surface area contributed by atoms with Gasteiger partial charge in [-0.1, -0.05) is 17.7 Å². The molecule has 0 spiro atoms. The lowest BCUT2D eigenvalue weighted by molar-refractivity contribution is 0.0695. The second-order valence-corrected chi connectivity index (χ2v) is 8.66. The van der Waals surface area contributed by atoms with Crippen molar-refractivity contribution in [3.8, 4) is 0 Å². The summed E-state index contributed by atoms with van der Waals surface area (Å²) in [5, 5.41) is 0. The third-order valence-electron chi connectivity index (χ3n) is 4.96. The van der Waals surface area contributed by atoms with Crippen LogP contribution in [0.4, 0.5) is 0 Å². The number of nitrogens with zero attached hydrogens (tertiary/aromatic N) is 2. The first-order chi connectivity index (χ1) is 12.2. The summed E-state index contributed by atoms with van der Waals surface area (Å²) in [5.74, 6) is 1.26. The third kappa shape index (κ3) is 3.29. The zero-order valence-electron chi connectivity index (χ0n) is 15.6. The molecule has 2 aromatic rings. The van der Waals surface area contributed by atoms with Crippen molar-refractivity contribution in [1.29, 1.82) is 0 Å². The summed E-state index contributed by atoms with van der Waals surface area (Å²) in [6, 6.07) is 6.84. The number of carbonyl (C=O) groups is 1. The topological polar surface area (TPSA) is 70.8 Å². The number of aryl methyl sites for hydroxylation is 3. The molecule has 1 saturated heterocycles. The molecule has 0 atom stereocenters. The van der Waals surface area contributed by atoms with Gasteiger partial charge in [-0.3, -0.25) is 4.79 Å². The minimum Gasteiger partial charge on any atom is -0.466 e. The second-order valence-electron chi connectivity index (χ2n) is 6.72. The summed E-state index contributed by atoms with van der Waals surface area (Å²) in [4.78, 5) is 14.8. The Balaban J connectivity index is 1.73. The molecule has 1 aliphatic rings. The normalized spacial score (nSPS) is 16.1. The Kier molecular flexibility index (Phi) is 4.94. The summed E-state index contributed by atoms with van der Waals surface area (Å²) >= 11 is 0. The Hall–Kier alpha value is -2.12. The molecule has 1 aliphatic heterocycles. The van der Waals surface area contributed by atoms with Crippen LogP contribution in [0.1, 0.15) is 33.0 Å². The summed E-state index contributed by atoms with van der Waals surface area (Å²) in [6.45, 7) is 8.73. The summed E-state index contributed by atoms with van der Waals surface area (Å²) in [5.41, 5.74) is 2.46. The first-order valence-corrected chi connectivity index (χ1v) is 10.1. The van der Waals surface area contributed by atoms with E-state index in [0.29, 0.717) is 29.3 Å². The smallest absolute Gasteiger partial charge is 0.257 e. The number of rotatable bonds is 3. The molecule has 3 rings (SSSR count). The summed E-state index contributed by atoms with van der Waals surface area (Å²) in [6.07, 6.45) is 0. The van der Waals surface area contributed by atoms with E-state index in [1.165, 1.54) is 4.31 Å². The van der Waals surface area contributed by atoms with E-state index in [-0.39, 0.29) is 19.0 Å². The van der Waals surface area contributed by atoms with Crippen molar-refractivity contribution in [1.82, 2.24) is 9.21 Å². The van der Waals surface area contributed by atoms with Gasteiger partial charge in [0.15, 0.2) is 0 Å². The highest BCUT2D eigenvalue weighted by atomic mass is 32.2. The molecule has 1 amide bonds. The van der Waals surface area contributed by atoms with Crippen molar-refractivity contribution >= 4 is 15.9 Å². The number of sulfonamides is 1. The Bertz CT molecular complexity index is 921. The van der Waals surface area contributed by atoms with Crippen molar-refractivity contribution in [3.05, 3.63) is 52.5 Å². The first-order valence-electron chi connectivity index (χ1n) is 8.64. The van der Waals surface area contributed by atoms with E-state index >= 15 is 0 Å². The maximum atomic E-state index is 12.8. The number of carbonyl (C=O) groups excluding carboxylic acids is 1. The van der Waals surface area contributed by atoms with Gasteiger partial charge in [-0.2, -0.15) is 4.31 Å². The van der Waals surface area contributed by atoms with Gasteiger partial charge in [-0.05, 0) is 39.8 Å². The fraction of sp³-hybridized carbons (Fsp3) is 0.421. The fourth-order valence-electron chi connectivity index (χ4n) is 3.26. The van der Waals surface area contributed by atoms with Gasteiger partial charge in [0.2, 0.25) is 10.0 Å². The zero-order chi connectivity index (χ0) is 19.1. The minimum absolute atomic E-state index is 0.0933. The van der Waals surface area contributed by atoms with Crippen LogP contribution in [0, 0.1) is 27.7 Å². The van der Waals surface area contributed by atoms with Gasteiger partial charge in [0.25, 0.3) is 5.91 Å². The SMILES string of the molecule is Cc1ccc(S(=O)(=O)N2CCN(C(=O)c3c(C)oc(C)c3C)CC2)cc1. The molecule has 0 N–H and O–H groups in total. The Morgan fingerprint density at radius 2 is 1.50 bits per heavy atom. The van der Waals surface area contributed by atoms with Gasteiger partial charge >= 0.3 is 0 Å². The molecule has 0 saturated carbocycles. The molecule has 140 valence electrons. The van der Waals surface area contributed by atoms with E-state index in [1.807, 2.05) is 20.8 Å². The molecule has 6 nitrogen and oxygen atoms in total. The maximum absolute atomic E-state index is 12.8. The quantitative estimate of drug-likeness (QED) is 0.826. The number of amides is 1. The van der Waals surface area contributed by atoms with E-state index in [4.69, 9.17) is 4.42 Å². The van der Waals surface area contributed by atoms with E-state index in [0.717, 1.165) is 16.9 Å². The zero-order valence-corrected chi connectivity index (χ0v) is 16.4. The van der Waals surface area contributed by atoms with Crippen molar-refractivity contribution in [3.63, 3.8) is 0 Å². The highest BCUT2D eigenvalue weighted by Gasteiger charge is 2.32. The number of hydrogen-bond donors (Lipinski definition) is 0. The number of benzene rings is 1. The van der Waals surface area contributed by atoms with Crippen molar-refractivity contribution in [2.45, 2.75) is 32.6 Å². The molecule has 0 unspecified atom stereocenters. The van der Waals surface area contributed by atoms with Gasteiger partial charge in [-0.15, -0.1) is 0 Å². The molecule has 1 fully saturated rings. The molecule has 1 aromatic heterocycles. The average molecular weight is 376 g/mol. The number of furan rings is 1. The number of hydrogen-bond acceptors (Lipinski definition) is 4. The largest absolute Gasteiger partial charge is 0.466 e. The molecular weight excluding hydrogens is 352 g/mol. The Morgan fingerprint density at radius 1 is 0.923 bits per heavy atom. The van der Waals surface area contributed by atoms with E-state index < -0.39 is 10.0 Å². The lowest BCUT2D eigenvalue weighted by Gasteiger charge is -2.34. The predicted molar refractivity (Wildman–Crippen MR) is 98.8 cm³/mol. The van der Waals surface area contributed by atoms with Crippen LogP contribution in [-0.2, 0) is 10.0 Å². The molecule has 0 aliphatic carbocycles. The molecule has 0 bridgehead atoms. The standard InChI is InChI=1S/C19H24N2O4S/c1-13-5-7-17(8-6-13)26(23,24)21-11-9-20(10-12-21)19(22)18-14(2)15(3)25-16(18)4/h5-8H,9-12H2,1-4H3. The second kappa shape index (κ2) is 6.89. The lowest BCUT2D eigenvalue weighted by atomic mass is 10.1. The van der Waals surface area contributed by atoms with Gasteiger partial charge in [0.05, 0.1) is 10.5 Å². The highest BCUT2D eigenvalue weighted by molar-refractivity contribution is 7.89. The van der Waals surface area contributed by atoms with Gasteiger partial charge in [0.1, 0.15) is 11.5 Å². The van der Waals surface area contributed by atoms with Crippen LogP contribution in [0.15, 0.2) is 33.6 Å². The van der Waals surface area contributed by atoms with Crippen LogP contribution in [0.2, 0.25) is 0 Å². The highest BCUT2D eigenvalue weighted by Crippen LogP contribution is 2.24. The maximum Gasteiger partial charge on any atom is 0.257 e. The summed E-state index contributed by atoms with van der Waals surface area (Å²) < 4.78 is 32.5. The van der Waals surface area contributed by atoms with Gasteiger partial charge in [0, 0.05) is 31.7 Å². The monoisotopic (exact) mass is 376 g/mol. The van der Waals surface area contributed by atoms with Crippen LogP contribution >= 0.6 is 0 Å². The molecule has 7 heteroatoms. The van der Waals surface area contributed by atoms with E-state index in [2.05, 4.69) is 0 Å². The van der Waals surface area contributed by atoms with E-state index in [9.17, 15) is 13.2 Å². The molecule has 26 heavy (non-hydrogen) atoms. The lowest BCUT2D eigenvalue weighted by Crippen LogP contribution is -2.50. The first kappa shape index (κ1) is 18.7. The molecule has 2 heterocycles. The summed E-state index contributed by atoms with van der Waals surface area (Å²) in [7, 11) is -3.53. The fourth-order valence-corrected chi connectivity index (χ4v) is 4.68. The van der Waals surface area contributed by atoms with Gasteiger partial charge in [-0.25, -0.2) is 8.42 Å². The van der Waals surface area contributed by atoms with Crippen molar-refractivity contribution in [2.24, 2.45) is 0 Å². The number of piperazine rings is 1. The van der Waals surface area contributed by atoms with Crippen LogP contribution in [-0.4, -0.2) is 49.7 Å². The average Bonchev–Trinajstić information content (AvgIpc) is 2.87. The van der Waals surface area contributed by atoms with E-state index in [1.54, 1.807) is 36.1 Å². The Morgan fingerprint density at radius 3 is 2.00 bits per heavy atom. The van der Waals surface area contributed by atoms with Crippen molar-refractivity contribution in [2.75, 3.05) is 26.2 Å². The molecular formula is C19H24N2O4S. The van der Waals surface area contributed by atoms with Crippen LogP contribution in [0.5, 0.6) is 0 Å².